The van der Waals surface area contributed by atoms with E-state index in [9.17, 15) is 14.9 Å². The van der Waals surface area contributed by atoms with Gasteiger partial charge in [-0.1, -0.05) is 24.4 Å². The van der Waals surface area contributed by atoms with E-state index in [1.54, 1.807) is 0 Å². The Morgan fingerprint density at radius 1 is 1.26 bits per heavy atom. The molecular formula is C16H22ClN3O3. The van der Waals surface area contributed by atoms with Crippen LogP contribution in [-0.4, -0.2) is 41.9 Å². The molecule has 1 heterocycles. The molecule has 1 aromatic rings. The number of nitro benzene ring substituents is 1. The van der Waals surface area contributed by atoms with E-state index in [0.29, 0.717) is 6.54 Å². The van der Waals surface area contributed by atoms with Gasteiger partial charge < -0.3 is 10.2 Å². The Labute approximate surface area is 141 Å². The first kappa shape index (κ1) is 17.7. The molecule has 1 saturated heterocycles. The van der Waals surface area contributed by atoms with Crippen LogP contribution in [0.2, 0.25) is 5.02 Å². The predicted octanol–water partition coefficient (Wildman–Crippen LogP) is 3.24. The molecule has 0 unspecified atom stereocenters. The number of halogens is 1. The molecule has 0 aromatic heterocycles. The van der Waals surface area contributed by atoms with E-state index < -0.39 is 10.8 Å². The summed E-state index contributed by atoms with van der Waals surface area (Å²) in [7, 11) is 0. The lowest BCUT2D eigenvalue weighted by molar-refractivity contribution is -0.385. The largest absolute Gasteiger partial charge is 0.352 e. The summed E-state index contributed by atoms with van der Waals surface area (Å²) in [4.78, 5) is 25.0. The van der Waals surface area contributed by atoms with Crippen molar-refractivity contribution in [2.45, 2.75) is 32.1 Å². The van der Waals surface area contributed by atoms with Crippen molar-refractivity contribution in [3.05, 3.63) is 38.9 Å². The molecule has 0 spiro atoms. The molecule has 7 heteroatoms. The van der Waals surface area contributed by atoms with Crippen molar-refractivity contribution in [2.75, 3.05) is 26.2 Å². The monoisotopic (exact) mass is 339 g/mol. The van der Waals surface area contributed by atoms with Crippen molar-refractivity contribution in [3.63, 3.8) is 0 Å². The molecule has 0 atom stereocenters. The van der Waals surface area contributed by atoms with Crippen molar-refractivity contribution in [3.8, 4) is 0 Å². The highest BCUT2D eigenvalue weighted by atomic mass is 35.5. The highest BCUT2D eigenvalue weighted by Crippen LogP contribution is 2.23. The summed E-state index contributed by atoms with van der Waals surface area (Å²) in [5.74, 6) is -0.427. The first-order chi connectivity index (χ1) is 11.1. The van der Waals surface area contributed by atoms with Crippen LogP contribution in [0.5, 0.6) is 0 Å². The number of amides is 1. The lowest BCUT2D eigenvalue weighted by Gasteiger charge is -2.19. The zero-order valence-corrected chi connectivity index (χ0v) is 13.8. The predicted molar refractivity (Wildman–Crippen MR) is 90.0 cm³/mol. The first-order valence-electron chi connectivity index (χ1n) is 8.02. The number of hydrogen-bond donors (Lipinski definition) is 1. The van der Waals surface area contributed by atoms with Crippen molar-refractivity contribution in [2.24, 2.45) is 0 Å². The van der Waals surface area contributed by atoms with Crippen LogP contribution in [0.25, 0.3) is 0 Å². The van der Waals surface area contributed by atoms with E-state index in [4.69, 9.17) is 11.6 Å². The average molecular weight is 340 g/mol. The number of benzene rings is 1. The lowest BCUT2D eigenvalue weighted by Crippen LogP contribution is -2.30. The van der Waals surface area contributed by atoms with Crippen molar-refractivity contribution in [1.82, 2.24) is 10.2 Å². The van der Waals surface area contributed by atoms with Crippen LogP contribution in [-0.2, 0) is 0 Å². The fourth-order valence-corrected chi connectivity index (χ4v) is 2.97. The van der Waals surface area contributed by atoms with E-state index >= 15 is 0 Å². The molecule has 0 radical (unpaired) electrons. The molecular weight excluding hydrogens is 318 g/mol. The molecule has 2 rings (SSSR count). The number of nitrogens with zero attached hydrogens (tertiary/aromatic N) is 2. The second-order valence-electron chi connectivity index (χ2n) is 5.78. The number of carbonyl (C=O) groups excluding carboxylic acids is 1. The standard InChI is InChI=1S/C16H22ClN3O3/c17-13-6-7-14(15(12-13)20(22)23)16(21)18-8-5-11-19-9-3-1-2-4-10-19/h6-7,12H,1-5,8-11H2,(H,18,21). The van der Waals surface area contributed by atoms with E-state index in [-0.39, 0.29) is 16.3 Å². The van der Waals surface area contributed by atoms with Gasteiger partial charge in [0.1, 0.15) is 5.56 Å². The van der Waals surface area contributed by atoms with Crippen LogP contribution in [0.3, 0.4) is 0 Å². The zero-order valence-electron chi connectivity index (χ0n) is 13.1. The normalized spacial score (nSPS) is 15.9. The third kappa shape index (κ3) is 5.48. The summed E-state index contributed by atoms with van der Waals surface area (Å²) in [5.41, 5.74) is -0.211. The molecule has 1 fully saturated rings. The summed E-state index contributed by atoms with van der Waals surface area (Å²) in [6, 6.07) is 4.08. The third-order valence-corrected chi connectivity index (χ3v) is 4.27. The number of hydrogen-bond acceptors (Lipinski definition) is 4. The number of likely N-dealkylation sites (tertiary alicyclic amines) is 1. The maximum Gasteiger partial charge on any atom is 0.283 e. The first-order valence-corrected chi connectivity index (χ1v) is 8.40. The van der Waals surface area contributed by atoms with Gasteiger partial charge in [-0.2, -0.15) is 0 Å². The lowest BCUT2D eigenvalue weighted by atomic mass is 10.1. The summed E-state index contributed by atoms with van der Waals surface area (Å²) in [6.07, 6.45) is 5.92. The minimum atomic E-state index is -0.585. The second kappa shape index (κ2) is 8.84. The van der Waals surface area contributed by atoms with Gasteiger partial charge in [0.05, 0.1) is 4.92 Å². The molecule has 0 bridgehead atoms. The van der Waals surface area contributed by atoms with Gasteiger partial charge in [0.2, 0.25) is 0 Å². The molecule has 1 aromatic carbocycles. The van der Waals surface area contributed by atoms with Crippen molar-refractivity contribution < 1.29 is 9.72 Å². The molecule has 126 valence electrons. The maximum atomic E-state index is 12.1. The Bertz CT molecular complexity index is 558. The van der Waals surface area contributed by atoms with Crippen molar-refractivity contribution in [1.29, 1.82) is 0 Å². The number of rotatable bonds is 6. The SMILES string of the molecule is O=C(NCCCN1CCCCCC1)c1ccc(Cl)cc1[N+](=O)[O-]. The van der Waals surface area contributed by atoms with Gasteiger partial charge in [0, 0.05) is 17.6 Å². The fourth-order valence-electron chi connectivity index (χ4n) is 2.81. The molecule has 1 N–H and O–H groups in total. The third-order valence-electron chi connectivity index (χ3n) is 4.04. The summed E-state index contributed by atoms with van der Waals surface area (Å²) in [6.45, 7) is 3.70. The minimum absolute atomic E-state index is 0.0502. The Hall–Kier alpha value is -1.66. The van der Waals surface area contributed by atoms with Gasteiger partial charge in [-0.3, -0.25) is 14.9 Å². The quantitative estimate of drug-likeness (QED) is 0.490. The second-order valence-corrected chi connectivity index (χ2v) is 6.22. The van der Waals surface area contributed by atoms with Crippen LogP contribution in [0.4, 0.5) is 5.69 Å². The minimum Gasteiger partial charge on any atom is -0.352 e. The van der Waals surface area contributed by atoms with E-state index in [0.717, 1.165) is 26.1 Å². The number of nitro groups is 1. The molecule has 1 amide bonds. The molecule has 6 nitrogen and oxygen atoms in total. The molecule has 0 aliphatic carbocycles. The van der Waals surface area contributed by atoms with Crippen LogP contribution in [0.1, 0.15) is 42.5 Å². The average Bonchev–Trinajstić information content (AvgIpc) is 2.80. The van der Waals surface area contributed by atoms with E-state index in [1.165, 1.54) is 43.9 Å². The van der Waals surface area contributed by atoms with Crippen molar-refractivity contribution >= 4 is 23.2 Å². The van der Waals surface area contributed by atoms with Gasteiger partial charge in [0.15, 0.2) is 0 Å². The topological polar surface area (TPSA) is 75.5 Å². The summed E-state index contributed by atoms with van der Waals surface area (Å²) < 4.78 is 0. The fraction of sp³-hybridized carbons (Fsp3) is 0.562. The summed E-state index contributed by atoms with van der Waals surface area (Å²) in [5, 5.41) is 14.0. The van der Waals surface area contributed by atoms with Crippen LogP contribution >= 0.6 is 11.6 Å². The van der Waals surface area contributed by atoms with Crippen LogP contribution in [0, 0.1) is 10.1 Å². The Morgan fingerprint density at radius 3 is 2.61 bits per heavy atom. The summed E-state index contributed by atoms with van der Waals surface area (Å²) >= 11 is 5.75. The Kier molecular flexibility index (Phi) is 6.80. The van der Waals surface area contributed by atoms with Crippen LogP contribution < -0.4 is 5.32 Å². The smallest absolute Gasteiger partial charge is 0.283 e. The van der Waals surface area contributed by atoms with Gasteiger partial charge >= 0.3 is 0 Å². The Balaban J connectivity index is 1.82. The highest BCUT2D eigenvalue weighted by Gasteiger charge is 2.20. The van der Waals surface area contributed by atoms with Gasteiger partial charge in [-0.25, -0.2) is 0 Å². The number of carbonyl (C=O) groups is 1. The van der Waals surface area contributed by atoms with Crippen LogP contribution in [0.15, 0.2) is 18.2 Å². The van der Waals surface area contributed by atoms with Gasteiger partial charge in [-0.05, 0) is 51.0 Å². The van der Waals surface area contributed by atoms with Gasteiger partial charge in [-0.15, -0.1) is 0 Å². The highest BCUT2D eigenvalue weighted by molar-refractivity contribution is 6.31. The molecule has 0 saturated carbocycles. The molecule has 1 aliphatic heterocycles. The van der Waals surface area contributed by atoms with E-state index in [2.05, 4.69) is 10.2 Å². The zero-order chi connectivity index (χ0) is 16.7. The maximum absolute atomic E-state index is 12.1. The van der Waals surface area contributed by atoms with E-state index in [1.807, 2.05) is 0 Å². The molecule has 1 aliphatic rings. The number of nitrogens with one attached hydrogen (secondary N) is 1. The Morgan fingerprint density at radius 2 is 1.96 bits per heavy atom. The molecule has 23 heavy (non-hydrogen) atoms. The van der Waals surface area contributed by atoms with Gasteiger partial charge in [0.25, 0.3) is 11.6 Å².